The first-order valence-electron chi connectivity index (χ1n) is 10.9. The lowest BCUT2D eigenvalue weighted by Gasteiger charge is -2.19. The Balaban J connectivity index is 2.28. The molecule has 2 aliphatic rings. The Hall–Kier alpha value is -4.48. The molecule has 1 aliphatic heterocycles. The Bertz CT molecular complexity index is 1430. The van der Waals surface area contributed by atoms with Crippen LogP contribution in [0.3, 0.4) is 0 Å². The van der Waals surface area contributed by atoms with Gasteiger partial charge in [0, 0.05) is 5.56 Å². The summed E-state index contributed by atoms with van der Waals surface area (Å²) in [6, 6.07) is 1.11. The zero-order chi connectivity index (χ0) is 26.9. The van der Waals surface area contributed by atoms with Crippen LogP contribution >= 0.6 is 0 Å². The fourth-order valence-corrected chi connectivity index (χ4v) is 3.62. The van der Waals surface area contributed by atoms with Gasteiger partial charge in [-0.05, 0) is 39.3 Å². The highest BCUT2D eigenvalue weighted by atomic mass is 16.5. The zero-order valence-electron chi connectivity index (χ0n) is 20.6. The first-order chi connectivity index (χ1) is 16.9. The van der Waals surface area contributed by atoms with E-state index in [2.05, 4.69) is 25.1 Å². The molecule has 0 radical (unpaired) electrons. The number of benzene rings is 2. The Morgan fingerprint density at radius 3 is 2.08 bits per heavy atom. The van der Waals surface area contributed by atoms with Gasteiger partial charge in [0.25, 0.3) is 11.8 Å². The second-order valence-electron chi connectivity index (χ2n) is 8.18. The summed E-state index contributed by atoms with van der Waals surface area (Å²) in [6.45, 7) is 6.04. The highest BCUT2D eigenvalue weighted by Gasteiger charge is 2.30. The van der Waals surface area contributed by atoms with Gasteiger partial charge in [-0.2, -0.15) is 0 Å². The summed E-state index contributed by atoms with van der Waals surface area (Å²) in [5.41, 5.74) is 5.64. The largest absolute Gasteiger partial charge is 0.467 e. The molecule has 1 heterocycles. The van der Waals surface area contributed by atoms with E-state index in [9.17, 15) is 24.0 Å². The van der Waals surface area contributed by atoms with Crippen LogP contribution in [0.5, 0.6) is 0 Å². The van der Waals surface area contributed by atoms with E-state index in [1.54, 1.807) is 13.0 Å². The monoisotopic (exact) mass is 498 g/mol. The number of nitrogen functional groups attached to an aromatic ring is 1. The van der Waals surface area contributed by atoms with Gasteiger partial charge in [-0.25, -0.2) is 14.6 Å². The van der Waals surface area contributed by atoms with Gasteiger partial charge in [0.15, 0.2) is 11.3 Å². The Kier molecular flexibility index (Phi) is 7.27. The van der Waals surface area contributed by atoms with Crippen LogP contribution in [0, 0.1) is 13.8 Å². The van der Waals surface area contributed by atoms with Crippen LogP contribution in [0.15, 0.2) is 21.3 Å². The molecule has 0 unspecified atom stereocenters. The summed E-state index contributed by atoms with van der Waals surface area (Å²) in [6.07, 6.45) is 0. The fourth-order valence-electron chi connectivity index (χ4n) is 3.62. The van der Waals surface area contributed by atoms with Gasteiger partial charge in [-0.3, -0.25) is 14.4 Å². The maximum absolute atomic E-state index is 13.1. The minimum atomic E-state index is -1.05. The number of aryl methyl sites for hydroxylation is 1. The quantitative estimate of drug-likeness (QED) is 0.253. The number of methoxy groups -OCH3 is 2. The number of nitrogens with one attached hydrogen (secondary N) is 2. The van der Waals surface area contributed by atoms with Crippen LogP contribution in [0.1, 0.15) is 45.7 Å². The minimum absolute atomic E-state index is 0.00107. The third kappa shape index (κ3) is 4.57. The SMILES string of the molecule is COC(=O)[C@@H](C)NC(=O)c1c2nc3c(C(=O)N[C@H](C)C(=O)OC)ccc(C)c3oc-2c(C)c(=O)c1N. The highest BCUT2D eigenvalue weighted by Crippen LogP contribution is 2.34. The first-order valence-corrected chi connectivity index (χ1v) is 10.9. The molecule has 0 saturated heterocycles. The van der Waals surface area contributed by atoms with Crippen molar-refractivity contribution in [3.8, 4) is 11.5 Å². The minimum Gasteiger partial charge on any atom is -0.467 e. The number of carbonyl (C=O) groups excluding carboxylic acids is 4. The number of carbonyl (C=O) groups is 4. The number of nitrogens with two attached hydrogens (primary N) is 1. The normalized spacial score (nSPS) is 12.6. The molecule has 1 aromatic rings. The summed E-state index contributed by atoms with van der Waals surface area (Å²) in [5, 5.41) is 4.94. The van der Waals surface area contributed by atoms with Crippen LogP contribution in [-0.4, -0.2) is 55.0 Å². The Morgan fingerprint density at radius 1 is 0.972 bits per heavy atom. The number of rotatable bonds is 6. The van der Waals surface area contributed by atoms with Gasteiger partial charge in [0.2, 0.25) is 5.43 Å². The number of nitrogens with zero attached hydrogens (tertiary/aromatic N) is 1. The smallest absolute Gasteiger partial charge is 0.328 e. The van der Waals surface area contributed by atoms with E-state index in [0.29, 0.717) is 5.56 Å². The van der Waals surface area contributed by atoms with Crippen molar-refractivity contribution in [1.29, 1.82) is 0 Å². The number of hydrogen-bond donors (Lipinski definition) is 3. The summed E-state index contributed by atoms with van der Waals surface area (Å²) in [7, 11) is 2.36. The number of ether oxygens (including phenoxy) is 2. The molecule has 1 aromatic carbocycles. The maximum Gasteiger partial charge on any atom is 0.328 e. The maximum atomic E-state index is 13.1. The molecule has 2 amide bonds. The van der Waals surface area contributed by atoms with Gasteiger partial charge in [-0.1, -0.05) is 6.07 Å². The van der Waals surface area contributed by atoms with Crippen LogP contribution < -0.4 is 21.8 Å². The molecule has 3 rings (SSSR count). The van der Waals surface area contributed by atoms with E-state index in [4.69, 9.17) is 10.2 Å². The number of aromatic nitrogens is 1. The van der Waals surface area contributed by atoms with E-state index < -0.39 is 47.0 Å². The lowest BCUT2D eigenvalue weighted by molar-refractivity contribution is -0.143. The van der Waals surface area contributed by atoms with E-state index in [1.165, 1.54) is 41.1 Å². The molecule has 4 N–H and O–H groups in total. The molecule has 190 valence electrons. The predicted octanol–water partition coefficient (Wildman–Crippen LogP) is 1.07. The molecule has 36 heavy (non-hydrogen) atoms. The molecule has 0 fully saturated rings. The molecule has 12 nitrogen and oxygen atoms in total. The molecular formula is C24H26N4O8. The van der Waals surface area contributed by atoms with E-state index in [1.807, 2.05) is 0 Å². The molecular weight excluding hydrogens is 472 g/mol. The van der Waals surface area contributed by atoms with Crippen LogP contribution in [0.4, 0.5) is 5.69 Å². The number of anilines is 1. The number of hydrogen-bond acceptors (Lipinski definition) is 10. The molecule has 0 spiro atoms. The molecule has 0 saturated carbocycles. The average Bonchev–Trinajstić information content (AvgIpc) is 2.85. The third-order valence-electron chi connectivity index (χ3n) is 5.68. The molecule has 0 aromatic heterocycles. The highest BCUT2D eigenvalue weighted by molar-refractivity contribution is 6.09. The van der Waals surface area contributed by atoms with Crippen molar-refractivity contribution in [2.75, 3.05) is 20.0 Å². The second-order valence-corrected chi connectivity index (χ2v) is 8.18. The summed E-state index contributed by atoms with van der Waals surface area (Å²) in [4.78, 5) is 67.0. The van der Waals surface area contributed by atoms with Crippen molar-refractivity contribution in [3.63, 3.8) is 0 Å². The van der Waals surface area contributed by atoms with Crippen molar-refractivity contribution >= 4 is 40.5 Å². The Morgan fingerprint density at radius 2 is 1.53 bits per heavy atom. The predicted molar refractivity (Wildman–Crippen MR) is 129 cm³/mol. The molecule has 12 heteroatoms. The zero-order valence-corrected chi connectivity index (χ0v) is 20.6. The molecule has 2 atom stereocenters. The van der Waals surface area contributed by atoms with E-state index >= 15 is 0 Å². The van der Waals surface area contributed by atoms with Crippen molar-refractivity contribution in [3.05, 3.63) is 44.6 Å². The summed E-state index contributed by atoms with van der Waals surface area (Å²) >= 11 is 0. The average molecular weight is 498 g/mol. The third-order valence-corrected chi connectivity index (χ3v) is 5.68. The summed E-state index contributed by atoms with van der Waals surface area (Å²) < 4.78 is 15.3. The van der Waals surface area contributed by atoms with Gasteiger partial charge in [-0.15, -0.1) is 0 Å². The standard InChI is InChI=1S/C24H26N4O8/c1-9-7-8-13(21(30)26-11(3)23(32)34-5)16-19(9)36-20-10(2)18(29)15(25)14(17(20)28-16)22(31)27-12(4)24(33)35-6/h7-8,11-12H,25H2,1-6H3,(H,26,30)(H,27,31)/t11-,12-/m1/s1. The van der Waals surface area contributed by atoms with Crippen LogP contribution in [0.25, 0.3) is 22.6 Å². The van der Waals surface area contributed by atoms with Gasteiger partial charge < -0.3 is 30.3 Å². The molecule has 1 aliphatic carbocycles. The van der Waals surface area contributed by atoms with Crippen LogP contribution in [0.2, 0.25) is 0 Å². The number of esters is 2. The lowest BCUT2D eigenvalue weighted by atomic mass is 9.99. The van der Waals surface area contributed by atoms with E-state index in [0.717, 1.165) is 0 Å². The number of fused-ring (bicyclic) bond motifs is 2. The molecule has 0 bridgehead atoms. The van der Waals surface area contributed by atoms with Crippen molar-refractivity contribution in [2.45, 2.75) is 39.8 Å². The van der Waals surface area contributed by atoms with E-state index in [-0.39, 0.29) is 39.2 Å². The number of amides is 2. The van der Waals surface area contributed by atoms with Gasteiger partial charge in [0.1, 0.15) is 23.3 Å². The van der Waals surface area contributed by atoms with Crippen molar-refractivity contribution in [2.24, 2.45) is 0 Å². The van der Waals surface area contributed by atoms with Gasteiger partial charge in [0.05, 0.1) is 31.0 Å². The van der Waals surface area contributed by atoms with Crippen molar-refractivity contribution < 1.29 is 33.1 Å². The lowest BCUT2D eigenvalue weighted by Crippen LogP contribution is -2.40. The first kappa shape index (κ1) is 26.1. The fraction of sp³-hybridized carbons (Fsp3) is 0.333. The van der Waals surface area contributed by atoms with Gasteiger partial charge >= 0.3 is 11.9 Å². The van der Waals surface area contributed by atoms with Crippen molar-refractivity contribution in [1.82, 2.24) is 15.6 Å². The topological polar surface area (TPSA) is 180 Å². The Labute approximate surface area is 205 Å². The van der Waals surface area contributed by atoms with Crippen LogP contribution in [-0.2, 0) is 19.1 Å². The summed E-state index contributed by atoms with van der Waals surface area (Å²) in [5.74, 6) is -2.85. The second kappa shape index (κ2) is 10.0.